The van der Waals surface area contributed by atoms with Crippen molar-refractivity contribution in [1.82, 2.24) is 0 Å². The minimum atomic E-state index is -1.17. The second-order valence-electron chi connectivity index (χ2n) is 9.25. The van der Waals surface area contributed by atoms with Crippen LogP contribution in [0.2, 0.25) is 0 Å². The van der Waals surface area contributed by atoms with Gasteiger partial charge in [-0.25, -0.2) is 9.59 Å². The number of nitro groups is 4. The van der Waals surface area contributed by atoms with E-state index >= 15 is 0 Å². The van der Waals surface area contributed by atoms with Gasteiger partial charge < -0.3 is 28.4 Å². The first-order valence-corrected chi connectivity index (χ1v) is 12.9. The van der Waals surface area contributed by atoms with Crippen LogP contribution in [-0.4, -0.2) is 45.9 Å². The molecule has 244 valence electrons. The third kappa shape index (κ3) is 5.85. The van der Waals surface area contributed by atoms with Crippen LogP contribution in [0.5, 0.6) is 46.0 Å². The summed E-state index contributed by atoms with van der Waals surface area (Å²) < 4.78 is 32.5. The second kappa shape index (κ2) is 12.5. The Kier molecular flexibility index (Phi) is 8.37. The van der Waals surface area contributed by atoms with Gasteiger partial charge in [-0.3, -0.25) is 40.5 Å². The first kappa shape index (κ1) is 32.0. The third-order valence-electron chi connectivity index (χ3n) is 6.50. The Balaban J connectivity index is 1.91. The fourth-order valence-electron chi connectivity index (χ4n) is 4.42. The molecule has 0 radical (unpaired) electrons. The highest BCUT2D eigenvalue weighted by Crippen LogP contribution is 2.48. The quantitative estimate of drug-likeness (QED) is 0.108. The molecule has 0 saturated heterocycles. The first-order chi connectivity index (χ1) is 22.8. The average Bonchev–Trinajstić information content (AvgIpc) is 3.03. The van der Waals surface area contributed by atoms with E-state index in [9.17, 15) is 50.0 Å². The van der Waals surface area contributed by atoms with Gasteiger partial charge in [0, 0.05) is 12.1 Å². The summed E-state index contributed by atoms with van der Waals surface area (Å²) in [5, 5.41) is 48.0. The van der Waals surface area contributed by atoms with Gasteiger partial charge in [-0.05, 0) is 24.3 Å². The number of nitro benzene ring substituents is 4. The molecule has 0 fully saturated rings. The smallest absolute Gasteiger partial charge is 0.345 e. The molecule has 0 spiro atoms. The molecule has 48 heavy (non-hydrogen) atoms. The molecule has 8 bridgehead atoms. The molecule has 4 aromatic carbocycles. The van der Waals surface area contributed by atoms with Crippen LogP contribution in [0.15, 0.2) is 60.7 Å². The Morgan fingerprint density at radius 3 is 0.938 bits per heavy atom. The third-order valence-corrected chi connectivity index (χ3v) is 6.50. The number of benzene rings is 4. The van der Waals surface area contributed by atoms with Crippen molar-refractivity contribution >= 4 is 34.7 Å². The molecular weight excluding hydrogens is 648 g/mol. The predicted octanol–water partition coefficient (Wildman–Crippen LogP) is 6.38. The standard InChI is InChI=1S/C28H16N4O16/c1-43-27(33)25-17-5-3-6-18(25)46-22-12-24(16(32(41)42)10-14(22)30(37)38)48-20-8-4-7-19(26(20)28(34)44-2)47-23-11-21(45-17)13(29(35)36)9-15(23)31(39)40/h3-12H,1-2H3. The van der Waals surface area contributed by atoms with Crippen molar-refractivity contribution in [3.05, 3.63) is 112 Å². The largest absolute Gasteiger partial charge is 0.465 e. The summed E-state index contributed by atoms with van der Waals surface area (Å²) >= 11 is 0. The van der Waals surface area contributed by atoms with E-state index < -0.39 is 112 Å². The fraction of sp³-hybridized carbons (Fsp3) is 0.0714. The van der Waals surface area contributed by atoms with Crippen LogP contribution < -0.4 is 18.9 Å². The van der Waals surface area contributed by atoms with Crippen LogP contribution in [0.25, 0.3) is 0 Å². The number of methoxy groups -OCH3 is 2. The molecular formula is C28H16N4O16. The molecule has 0 N–H and O–H groups in total. The lowest BCUT2D eigenvalue weighted by atomic mass is 10.1. The molecule has 0 atom stereocenters. The highest BCUT2D eigenvalue weighted by atomic mass is 16.6. The van der Waals surface area contributed by atoms with Crippen molar-refractivity contribution in [2.24, 2.45) is 0 Å². The van der Waals surface area contributed by atoms with Crippen molar-refractivity contribution in [3.8, 4) is 46.0 Å². The number of esters is 2. The van der Waals surface area contributed by atoms with Crippen molar-refractivity contribution in [3.63, 3.8) is 0 Å². The van der Waals surface area contributed by atoms with Crippen LogP contribution in [0.3, 0.4) is 0 Å². The van der Waals surface area contributed by atoms with Gasteiger partial charge in [0.2, 0.25) is 23.0 Å². The van der Waals surface area contributed by atoms with E-state index in [0.29, 0.717) is 12.1 Å². The first-order valence-electron chi connectivity index (χ1n) is 12.9. The molecule has 20 nitrogen and oxygen atoms in total. The molecule has 0 aromatic heterocycles. The number of rotatable bonds is 6. The van der Waals surface area contributed by atoms with Gasteiger partial charge >= 0.3 is 34.7 Å². The van der Waals surface area contributed by atoms with E-state index in [4.69, 9.17) is 28.4 Å². The maximum atomic E-state index is 13.0. The van der Waals surface area contributed by atoms with Crippen LogP contribution in [0.1, 0.15) is 20.7 Å². The molecule has 1 heterocycles. The van der Waals surface area contributed by atoms with E-state index in [1.807, 2.05) is 0 Å². The summed E-state index contributed by atoms with van der Waals surface area (Å²) in [6, 6.07) is 9.44. The van der Waals surface area contributed by atoms with Crippen LogP contribution in [0.4, 0.5) is 22.7 Å². The van der Waals surface area contributed by atoms with E-state index in [1.54, 1.807) is 0 Å². The summed E-state index contributed by atoms with van der Waals surface area (Å²) in [5.41, 5.74) is -4.99. The number of fused-ring (bicyclic) bond motifs is 8. The fourth-order valence-corrected chi connectivity index (χ4v) is 4.42. The minimum absolute atomic E-state index is 0.493. The minimum Gasteiger partial charge on any atom is -0.465 e. The Morgan fingerprint density at radius 1 is 0.479 bits per heavy atom. The lowest BCUT2D eigenvalue weighted by Gasteiger charge is -2.18. The molecule has 5 rings (SSSR count). The zero-order valence-corrected chi connectivity index (χ0v) is 24.1. The van der Waals surface area contributed by atoms with Gasteiger partial charge in [-0.1, -0.05) is 12.1 Å². The molecule has 1 aliphatic heterocycles. The Morgan fingerprint density at radius 2 is 0.729 bits per heavy atom. The van der Waals surface area contributed by atoms with Crippen molar-refractivity contribution < 1.29 is 57.7 Å². The SMILES string of the molecule is COC(=O)c1c2cccc1Oc1cc(c([N+](=O)[O-])cc1[N+](=O)[O-])Oc1cccc(c1C(=O)OC)Oc1cc(c([N+](=O)[O-])cc1[N+](=O)[O-])O2. The molecule has 4 aromatic rings. The monoisotopic (exact) mass is 664 g/mol. The Bertz CT molecular complexity index is 1820. The molecule has 1 aliphatic rings. The molecule has 0 saturated carbocycles. The molecule has 0 aliphatic carbocycles. The number of nitrogens with zero attached hydrogens (tertiary/aromatic N) is 4. The van der Waals surface area contributed by atoms with Gasteiger partial charge in [-0.15, -0.1) is 0 Å². The number of ether oxygens (including phenoxy) is 6. The lowest BCUT2D eigenvalue weighted by molar-refractivity contribution is -0.395. The topological polar surface area (TPSA) is 262 Å². The van der Waals surface area contributed by atoms with E-state index in [2.05, 4.69) is 0 Å². The normalized spacial score (nSPS) is 11.4. The van der Waals surface area contributed by atoms with Gasteiger partial charge in [-0.2, -0.15) is 0 Å². The average molecular weight is 664 g/mol. The second-order valence-corrected chi connectivity index (χ2v) is 9.25. The van der Waals surface area contributed by atoms with Crippen molar-refractivity contribution in [1.29, 1.82) is 0 Å². The van der Waals surface area contributed by atoms with E-state index in [1.165, 1.54) is 12.1 Å². The van der Waals surface area contributed by atoms with Gasteiger partial charge in [0.05, 0.1) is 33.9 Å². The van der Waals surface area contributed by atoms with Crippen LogP contribution in [0, 0.1) is 40.5 Å². The molecule has 0 amide bonds. The summed E-state index contributed by atoms with van der Waals surface area (Å²) in [7, 11) is 1.92. The number of carbonyl (C=O) groups is 2. The maximum absolute atomic E-state index is 13.0. The zero-order chi connectivity index (χ0) is 34.9. The number of hydrogen-bond acceptors (Lipinski definition) is 16. The van der Waals surface area contributed by atoms with Crippen molar-refractivity contribution in [2.75, 3.05) is 14.2 Å². The summed E-state index contributed by atoms with van der Waals surface area (Å²) in [6.45, 7) is 0. The van der Waals surface area contributed by atoms with Crippen molar-refractivity contribution in [2.45, 2.75) is 0 Å². The lowest BCUT2D eigenvalue weighted by Crippen LogP contribution is -2.09. The predicted molar refractivity (Wildman–Crippen MR) is 155 cm³/mol. The van der Waals surface area contributed by atoms with Gasteiger partial charge in [0.15, 0.2) is 0 Å². The highest BCUT2D eigenvalue weighted by molar-refractivity contribution is 5.97. The summed E-state index contributed by atoms with van der Waals surface area (Å²) in [6.07, 6.45) is 0. The zero-order valence-electron chi connectivity index (χ0n) is 24.1. The Hall–Kier alpha value is -7.38. The van der Waals surface area contributed by atoms with Gasteiger partial charge in [0.25, 0.3) is 0 Å². The number of carbonyl (C=O) groups excluding carboxylic acids is 2. The Labute approximate surface area is 265 Å². The molecule has 0 unspecified atom stereocenters. The maximum Gasteiger partial charge on any atom is 0.345 e. The highest BCUT2D eigenvalue weighted by Gasteiger charge is 2.34. The summed E-state index contributed by atoms with van der Waals surface area (Å²) in [4.78, 5) is 69.9. The van der Waals surface area contributed by atoms with Crippen LogP contribution >= 0.6 is 0 Å². The van der Waals surface area contributed by atoms with Gasteiger partial charge in [0.1, 0.15) is 46.3 Å². The van der Waals surface area contributed by atoms with E-state index in [0.717, 1.165) is 50.6 Å². The van der Waals surface area contributed by atoms with Crippen LogP contribution in [-0.2, 0) is 9.47 Å². The van der Waals surface area contributed by atoms with E-state index in [-0.39, 0.29) is 0 Å². The molecule has 20 heteroatoms. The summed E-state index contributed by atoms with van der Waals surface area (Å²) in [5.74, 6) is -7.11. The number of hydrogen-bond donors (Lipinski definition) is 0.